The van der Waals surface area contributed by atoms with E-state index in [1.165, 1.54) is 0 Å². The number of rotatable bonds is 8. The fraction of sp³-hybridized carbons (Fsp3) is 0.692. The second-order valence-corrected chi connectivity index (χ2v) is 10.2. The van der Waals surface area contributed by atoms with Crippen molar-refractivity contribution < 1.29 is 29.3 Å². The van der Waals surface area contributed by atoms with Crippen LogP contribution in [0.2, 0.25) is 0 Å². The number of hydrogen-bond donors (Lipinski definition) is 2. The molecule has 4 unspecified atom stereocenters. The van der Waals surface area contributed by atoms with E-state index in [-0.39, 0.29) is 18.3 Å². The average Bonchev–Trinajstić information content (AvgIpc) is 3.54. The van der Waals surface area contributed by atoms with Gasteiger partial charge >= 0.3 is 5.97 Å². The molecule has 2 aliphatic carbocycles. The van der Waals surface area contributed by atoms with Crippen LogP contribution < -0.4 is 0 Å². The Kier molecular flexibility index (Phi) is 6.90. The van der Waals surface area contributed by atoms with E-state index in [0.29, 0.717) is 17.9 Å². The molecule has 0 aromatic rings. The molecule has 3 rings (SSSR count). The molecule has 32 heavy (non-hydrogen) atoms. The van der Waals surface area contributed by atoms with Crippen LogP contribution in [0.5, 0.6) is 0 Å². The highest BCUT2D eigenvalue weighted by molar-refractivity contribution is 6.05. The van der Waals surface area contributed by atoms with Crippen LogP contribution in [-0.2, 0) is 19.1 Å². The lowest BCUT2D eigenvalue weighted by atomic mass is 9.57. The van der Waals surface area contributed by atoms with Crippen molar-refractivity contribution in [1.82, 2.24) is 0 Å². The van der Waals surface area contributed by atoms with Gasteiger partial charge in [0.05, 0.1) is 18.6 Å². The zero-order chi connectivity index (χ0) is 24.0. The summed E-state index contributed by atoms with van der Waals surface area (Å²) in [7, 11) is 0. The minimum atomic E-state index is -1.16. The van der Waals surface area contributed by atoms with Gasteiger partial charge in [-0.05, 0) is 61.3 Å². The zero-order valence-electron chi connectivity index (χ0n) is 20.2. The molecular weight excluding hydrogens is 408 g/mol. The van der Waals surface area contributed by atoms with Crippen molar-refractivity contribution in [1.29, 1.82) is 0 Å². The number of aliphatic hydroxyl groups excluding tert-OH is 2. The van der Waals surface area contributed by atoms with Gasteiger partial charge in [-0.25, -0.2) is 0 Å². The number of hydrogen-bond acceptors (Lipinski definition) is 6. The van der Waals surface area contributed by atoms with Crippen molar-refractivity contribution >= 4 is 11.8 Å². The molecule has 0 spiro atoms. The Morgan fingerprint density at radius 3 is 2.66 bits per heavy atom. The molecule has 1 heterocycles. The fourth-order valence-corrected chi connectivity index (χ4v) is 5.40. The third-order valence-electron chi connectivity index (χ3n) is 8.15. The maximum atomic E-state index is 13.0. The van der Waals surface area contributed by atoms with Gasteiger partial charge in [-0.15, -0.1) is 0 Å². The fourth-order valence-electron chi connectivity index (χ4n) is 5.40. The number of carbonyl (C=O) groups excluding carboxylic acids is 2. The smallest absolute Gasteiger partial charge is 0.312 e. The summed E-state index contributed by atoms with van der Waals surface area (Å²) in [5.41, 5.74) is 0.247. The highest BCUT2D eigenvalue weighted by Gasteiger charge is 2.74. The van der Waals surface area contributed by atoms with E-state index in [2.05, 4.69) is 27.4 Å². The molecule has 1 aliphatic heterocycles. The third-order valence-corrected chi connectivity index (χ3v) is 8.15. The highest BCUT2D eigenvalue weighted by Crippen LogP contribution is 2.63. The molecule has 6 nitrogen and oxygen atoms in total. The predicted molar refractivity (Wildman–Crippen MR) is 122 cm³/mol. The first-order valence-electron chi connectivity index (χ1n) is 11.7. The Bertz CT molecular complexity index is 856. The lowest BCUT2D eigenvalue weighted by molar-refractivity contribution is -0.157. The van der Waals surface area contributed by atoms with Crippen LogP contribution in [0.4, 0.5) is 0 Å². The second kappa shape index (κ2) is 8.88. The molecule has 6 heteroatoms. The third kappa shape index (κ3) is 3.80. The van der Waals surface area contributed by atoms with Gasteiger partial charge in [0.2, 0.25) is 0 Å². The summed E-state index contributed by atoms with van der Waals surface area (Å²) in [5, 5.41) is 20.3. The van der Waals surface area contributed by atoms with Gasteiger partial charge in [0.25, 0.3) is 0 Å². The first kappa shape index (κ1) is 24.9. The number of fused-ring (bicyclic) bond motifs is 3. The van der Waals surface area contributed by atoms with Gasteiger partial charge in [-0.3, -0.25) is 9.59 Å². The Hall–Kier alpha value is -1.76. The molecule has 3 aliphatic rings. The van der Waals surface area contributed by atoms with Gasteiger partial charge in [-0.2, -0.15) is 0 Å². The number of allylic oxidation sites excluding steroid dienone is 1. The molecule has 0 amide bonds. The molecule has 0 aromatic carbocycles. The van der Waals surface area contributed by atoms with Gasteiger partial charge in [0.1, 0.15) is 12.2 Å². The molecule has 0 radical (unpaired) electrons. The summed E-state index contributed by atoms with van der Waals surface area (Å²) in [6.45, 7) is 15.4. The predicted octanol–water partition coefficient (Wildman–Crippen LogP) is 3.52. The number of carbonyl (C=O) groups is 2. The average molecular weight is 447 g/mol. The molecular formula is C26H38O6. The van der Waals surface area contributed by atoms with Crippen LogP contribution in [0.15, 0.2) is 35.5 Å². The number of esters is 1. The van der Waals surface area contributed by atoms with Crippen LogP contribution >= 0.6 is 0 Å². The lowest BCUT2D eigenvalue weighted by Crippen LogP contribution is -2.51. The van der Waals surface area contributed by atoms with Crippen molar-refractivity contribution in [3.05, 3.63) is 35.5 Å². The van der Waals surface area contributed by atoms with E-state index in [1.807, 2.05) is 19.9 Å². The molecule has 0 bridgehead atoms. The largest absolute Gasteiger partial charge is 0.458 e. The molecule has 2 N–H and O–H groups in total. The quantitative estimate of drug-likeness (QED) is 0.336. The van der Waals surface area contributed by atoms with Crippen LogP contribution in [0.25, 0.3) is 0 Å². The summed E-state index contributed by atoms with van der Waals surface area (Å²) >= 11 is 0. The normalized spacial score (nSPS) is 36.9. The summed E-state index contributed by atoms with van der Waals surface area (Å²) in [4.78, 5) is 26.0. The van der Waals surface area contributed by atoms with Crippen molar-refractivity contribution in [2.24, 2.45) is 23.2 Å². The van der Waals surface area contributed by atoms with E-state index in [9.17, 15) is 19.8 Å². The van der Waals surface area contributed by atoms with Gasteiger partial charge in [-0.1, -0.05) is 46.8 Å². The standard InChI is InChI=1S/C26H38O6/c1-8-14(2)11-15(3)22(29)18(6)23(30)31-20-10-9-16(4)25(7)19(20)12-21(28)26(17(5)13-27)24(25)32-26/h11-12,14,16,18,20,22,24,27,29H,5,8-10,13H2,1-4,6-7H3/b15-11+/t14?,16-,18?,20+,22?,24?,25+,26-/m0/s1. The Labute approximate surface area is 191 Å². The van der Waals surface area contributed by atoms with Gasteiger partial charge in [0, 0.05) is 5.41 Å². The first-order valence-corrected chi connectivity index (χ1v) is 11.7. The maximum absolute atomic E-state index is 13.0. The SMILES string of the molecule is C=C(CO)[C@@]12OC1[C@@]1(C)C(=CC2=O)[C@H](OC(=O)C(C)C(O)/C(C)=C/C(C)CC)CC[C@@H]1C. The van der Waals surface area contributed by atoms with Crippen molar-refractivity contribution in [3.8, 4) is 0 Å². The highest BCUT2D eigenvalue weighted by atomic mass is 16.6. The molecule has 8 atom stereocenters. The zero-order valence-corrected chi connectivity index (χ0v) is 20.2. The topological polar surface area (TPSA) is 96.4 Å². The summed E-state index contributed by atoms with van der Waals surface area (Å²) in [6.07, 6.45) is 4.06. The van der Waals surface area contributed by atoms with Crippen molar-refractivity contribution in [3.63, 3.8) is 0 Å². The molecule has 178 valence electrons. The van der Waals surface area contributed by atoms with Crippen LogP contribution in [0, 0.1) is 23.2 Å². The Morgan fingerprint density at radius 1 is 1.41 bits per heavy atom. The van der Waals surface area contributed by atoms with Crippen LogP contribution in [0.3, 0.4) is 0 Å². The maximum Gasteiger partial charge on any atom is 0.312 e. The van der Waals surface area contributed by atoms with E-state index in [0.717, 1.165) is 24.0 Å². The Morgan fingerprint density at radius 2 is 2.06 bits per heavy atom. The first-order chi connectivity index (χ1) is 14.9. The monoisotopic (exact) mass is 446 g/mol. The van der Waals surface area contributed by atoms with Crippen molar-refractivity contribution in [2.75, 3.05) is 6.61 Å². The molecule has 2 fully saturated rings. The number of aliphatic hydroxyl groups is 2. The van der Waals surface area contributed by atoms with Crippen LogP contribution in [-0.4, -0.2) is 52.5 Å². The van der Waals surface area contributed by atoms with E-state index in [1.54, 1.807) is 13.0 Å². The summed E-state index contributed by atoms with van der Waals surface area (Å²) < 4.78 is 11.8. The minimum absolute atomic E-state index is 0.207. The van der Waals surface area contributed by atoms with Gasteiger partial charge < -0.3 is 19.7 Å². The lowest BCUT2D eigenvalue weighted by Gasteiger charge is -2.47. The Balaban J connectivity index is 1.82. The minimum Gasteiger partial charge on any atom is -0.458 e. The van der Waals surface area contributed by atoms with E-state index >= 15 is 0 Å². The number of ether oxygens (including phenoxy) is 2. The molecule has 1 saturated carbocycles. The summed E-state index contributed by atoms with van der Waals surface area (Å²) in [5.74, 6) is -0.910. The molecule has 1 saturated heterocycles. The number of epoxide rings is 1. The van der Waals surface area contributed by atoms with E-state index < -0.39 is 41.2 Å². The number of ketones is 1. The second-order valence-electron chi connectivity index (χ2n) is 10.2. The van der Waals surface area contributed by atoms with Crippen molar-refractivity contribution in [2.45, 2.75) is 84.7 Å². The van der Waals surface area contributed by atoms with Crippen LogP contribution in [0.1, 0.15) is 60.8 Å². The summed E-state index contributed by atoms with van der Waals surface area (Å²) in [6, 6.07) is 0. The molecule has 0 aromatic heterocycles. The van der Waals surface area contributed by atoms with Gasteiger partial charge in [0.15, 0.2) is 11.4 Å². The van der Waals surface area contributed by atoms with E-state index in [4.69, 9.17) is 9.47 Å².